The highest BCUT2D eigenvalue weighted by atomic mass is 16.2. The van der Waals surface area contributed by atoms with Gasteiger partial charge in [-0.25, -0.2) is 4.79 Å². The Morgan fingerprint density at radius 3 is 2.64 bits per heavy atom. The van der Waals surface area contributed by atoms with Crippen molar-refractivity contribution in [3.63, 3.8) is 0 Å². The molecule has 7 heteroatoms. The molecule has 2 aliphatic rings. The molecule has 0 unspecified atom stereocenters. The average Bonchev–Trinajstić information content (AvgIpc) is 3.07. The summed E-state index contributed by atoms with van der Waals surface area (Å²) in [6.45, 7) is 0.232. The number of para-hydroxylation sites is 1. The first-order valence-electron chi connectivity index (χ1n) is 10.0. The van der Waals surface area contributed by atoms with Crippen molar-refractivity contribution in [1.29, 1.82) is 0 Å². The van der Waals surface area contributed by atoms with Gasteiger partial charge in [-0.15, -0.1) is 0 Å². The quantitative estimate of drug-likeness (QED) is 0.694. The van der Waals surface area contributed by atoms with Crippen LogP contribution in [0, 0.1) is 0 Å². The third-order valence-corrected chi connectivity index (χ3v) is 5.90. The second kappa shape index (κ2) is 7.66. The molecule has 1 aliphatic carbocycles. The molecule has 1 saturated heterocycles. The standard InChI is InChI=1S/C21H26N4O3/c26-18(22-12-9-15-13-23-17-8-4-3-7-16(15)17)14-25-19(27)21(24-20(25)28)10-5-1-2-6-11-21/h3-4,7-8,13,23H,1-2,5-6,9-12,14H2,(H,22,26)(H,24,28). The Morgan fingerprint density at radius 2 is 1.86 bits per heavy atom. The molecule has 1 aromatic carbocycles. The highest BCUT2D eigenvalue weighted by Gasteiger charge is 2.51. The lowest BCUT2D eigenvalue weighted by Crippen LogP contribution is -2.47. The molecular formula is C21H26N4O3. The first-order chi connectivity index (χ1) is 13.6. The Morgan fingerprint density at radius 1 is 1.11 bits per heavy atom. The number of urea groups is 1. The molecule has 2 heterocycles. The van der Waals surface area contributed by atoms with Gasteiger partial charge in [0.15, 0.2) is 0 Å². The molecule has 1 aromatic heterocycles. The van der Waals surface area contributed by atoms with Crippen LogP contribution in [-0.2, 0) is 16.0 Å². The summed E-state index contributed by atoms with van der Waals surface area (Å²) in [5.74, 6) is -0.555. The van der Waals surface area contributed by atoms with Gasteiger partial charge in [0, 0.05) is 23.6 Å². The van der Waals surface area contributed by atoms with Crippen LogP contribution in [0.4, 0.5) is 4.79 Å². The fraction of sp³-hybridized carbons (Fsp3) is 0.476. The molecule has 4 amide bonds. The van der Waals surface area contributed by atoms with E-state index in [0.29, 0.717) is 25.8 Å². The maximum atomic E-state index is 12.8. The van der Waals surface area contributed by atoms with Gasteiger partial charge in [0.05, 0.1) is 0 Å². The number of aromatic amines is 1. The van der Waals surface area contributed by atoms with Crippen LogP contribution in [0.2, 0.25) is 0 Å². The van der Waals surface area contributed by atoms with Crippen molar-refractivity contribution in [2.75, 3.05) is 13.1 Å². The van der Waals surface area contributed by atoms with E-state index in [-0.39, 0.29) is 18.4 Å². The van der Waals surface area contributed by atoms with Crippen LogP contribution in [0.3, 0.4) is 0 Å². The van der Waals surface area contributed by atoms with Gasteiger partial charge in [0.25, 0.3) is 5.91 Å². The van der Waals surface area contributed by atoms with Gasteiger partial charge >= 0.3 is 6.03 Å². The van der Waals surface area contributed by atoms with Gasteiger partial charge < -0.3 is 15.6 Å². The van der Waals surface area contributed by atoms with Crippen molar-refractivity contribution >= 4 is 28.7 Å². The van der Waals surface area contributed by atoms with E-state index < -0.39 is 11.6 Å². The number of carbonyl (C=O) groups excluding carboxylic acids is 3. The number of fused-ring (bicyclic) bond motifs is 1. The number of hydrogen-bond acceptors (Lipinski definition) is 3. The second-order valence-corrected chi connectivity index (χ2v) is 7.78. The Kier molecular flexibility index (Phi) is 5.07. The fourth-order valence-electron chi connectivity index (χ4n) is 4.37. The van der Waals surface area contributed by atoms with Crippen molar-refractivity contribution in [1.82, 2.24) is 20.5 Å². The molecule has 0 bridgehead atoms. The smallest absolute Gasteiger partial charge is 0.325 e. The molecule has 1 spiro atoms. The number of benzene rings is 1. The molecule has 1 aliphatic heterocycles. The summed E-state index contributed by atoms with van der Waals surface area (Å²) in [5.41, 5.74) is 1.40. The lowest BCUT2D eigenvalue weighted by atomic mass is 9.90. The zero-order valence-electron chi connectivity index (χ0n) is 15.9. The normalized spacial score (nSPS) is 19.1. The summed E-state index contributed by atoms with van der Waals surface area (Å²) >= 11 is 0. The van der Waals surface area contributed by atoms with Crippen molar-refractivity contribution in [3.8, 4) is 0 Å². The summed E-state index contributed by atoms with van der Waals surface area (Å²) in [6.07, 6.45) is 7.97. The number of imide groups is 1. The van der Waals surface area contributed by atoms with Crippen molar-refractivity contribution in [2.45, 2.75) is 50.5 Å². The lowest BCUT2D eigenvalue weighted by Gasteiger charge is -2.24. The topological polar surface area (TPSA) is 94.3 Å². The van der Waals surface area contributed by atoms with E-state index >= 15 is 0 Å². The molecule has 0 radical (unpaired) electrons. The number of aromatic nitrogens is 1. The van der Waals surface area contributed by atoms with Gasteiger partial charge in [-0.2, -0.15) is 0 Å². The van der Waals surface area contributed by atoms with Crippen LogP contribution < -0.4 is 10.6 Å². The minimum atomic E-state index is -0.794. The Balaban J connectivity index is 1.32. The number of H-pyrrole nitrogens is 1. The number of rotatable bonds is 5. The van der Waals surface area contributed by atoms with E-state index in [1.165, 1.54) is 0 Å². The summed E-state index contributed by atoms with van der Waals surface area (Å²) in [5, 5.41) is 6.84. The van der Waals surface area contributed by atoms with Gasteiger partial charge in [-0.3, -0.25) is 14.5 Å². The van der Waals surface area contributed by atoms with Crippen molar-refractivity contribution in [2.24, 2.45) is 0 Å². The third-order valence-electron chi connectivity index (χ3n) is 5.90. The minimum absolute atomic E-state index is 0.222. The number of amides is 4. The molecular weight excluding hydrogens is 356 g/mol. The van der Waals surface area contributed by atoms with Crippen LogP contribution in [0.25, 0.3) is 10.9 Å². The van der Waals surface area contributed by atoms with Crippen molar-refractivity contribution in [3.05, 3.63) is 36.0 Å². The summed E-state index contributed by atoms with van der Waals surface area (Å²) in [7, 11) is 0. The van der Waals surface area contributed by atoms with Crippen LogP contribution in [0.1, 0.15) is 44.1 Å². The number of nitrogens with zero attached hydrogens (tertiary/aromatic N) is 1. The van der Waals surface area contributed by atoms with Gasteiger partial charge in [0.2, 0.25) is 5.91 Å². The van der Waals surface area contributed by atoms with E-state index in [9.17, 15) is 14.4 Å². The fourth-order valence-corrected chi connectivity index (χ4v) is 4.37. The monoisotopic (exact) mass is 382 g/mol. The third kappa shape index (κ3) is 3.48. The maximum Gasteiger partial charge on any atom is 0.325 e. The largest absolute Gasteiger partial charge is 0.361 e. The van der Waals surface area contributed by atoms with E-state index in [4.69, 9.17) is 0 Å². The van der Waals surface area contributed by atoms with E-state index in [0.717, 1.165) is 47.0 Å². The molecule has 2 aromatic rings. The van der Waals surface area contributed by atoms with Crippen LogP contribution in [0.15, 0.2) is 30.5 Å². The zero-order valence-corrected chi connectivity index (χ0v) is 15.9. The summed E-state index contributed by atoms with van der Waals surface area (Å²) in [4.78, 5) is 41.8. The second-order valence-electron chi connectivity index (χ2n) is 7.78. The number of nitrogens with one attached hydrogen (secondary N) is 3. The Bertz CT molecular complexity index is 896. The van der Waals surface area contributed by atoms with Crippen LogP contribution in [0.5, 0.6) is 0 Å². The predicted molar refractivity (Wildman–Crippen MR) is 106 cm³/mol. The number of carbonyl (C=O) groups is 3. The Hall–Kier alpha value is -2.83. The molecule has 0 atom stereocenters. The predicted octanol–water partition coefficient (Wildman–Crippen LogP) is 2.47. The summed E-state index contributed by atoms with van der Waals surface area (Å²) < 4.78 is 0. The first-order valence-corrected chi connectivity index (χ1v) is 10.0. The van der Waals surface area contributed by atoms with E-state index in [1.807, 2.05) is 30.5 Å². The SMILES string of the molecule is O=C(CN1C(=O)NC2(CCCCCC2)C1=O)NCCc1c[nH]c2ccccc12. The zero-order chi connectivity index (χ0) is 19.6. The van der Waals surface area contributed by atoms with Gasteiger partial charge in [0.1, 0.15) is 12.1 Å². The maximum absolute atomic E-state index is 12.8. The molecule has 148 valence electrons. The molecule has 3 N–H and O–H groups in total. The van der Waals surface area contributed by atoms with Gasteiger partial charge in [-0.05, 0) is 30.9 Å². The molecule has 2 fully saturated rings. The molecule has 4 rings (SSSR count). The highest BCUT2D eigenvalue weighted by molar-refractivity contribution is 6.09. The summed E-state index contributed by atoms with van der Waals surface area (Å²) in [6, 6.07) is 7.57. The lowest BCUT2D eigenvalue weighted by molar-refractivity contribution is -0.135. The van der Waals surface area contributed by atoms with Crippen molar-refractivity contribution < 1.29 is 14.4 Å². The molecule has 28 heavy (non-hydrogen) atoms. The Labute approximate surface area is 163 Å². The van der Waals surface area contributed by atoms with Crippen LogP contribution >= 0.6 is 0 Å². The van der Waals surface area contributed by atoms with Gasteiger partial charge in [-0.1, -0.05) is 43.9 Å². The average molecular weight is 382 g/mol. The highest BCUT2D eigenvalue weighted by Crippen LogP contribution is 2.32. The molecule has 1 saturated carbocycles. The number of hydrogen-bond donors (Lipinski definition) is 3. The molecule has 7 nitrogen and oxygen atoms in total. The first kappa shape index (κ1) is 18.5. The minimum Gasteiger partial charge on any atom is -0.361 e. The van der Waals surface area contributed by atoms with Crippen LogP contribution in [-0.4, -0.2) is 46.4 Å². The van der Waals surface area contributed by atoms with E-state index in [2.05, 4.69) is 15.6 Å². The van der Waals surface area contributed by atoms with E-state index in [1.54, 1.807) is 0 Å².